The summed E-state index contributed by atoms with van der Waals surface area (Å²) in [5.74, 6) is 0.656. The molecular formula is C46H29N3. The summed E-state index contributed by atoms with van der Waals surface area (Å²) in [5.41, 5.74) is 8.46. The molecule has 10 rings (SSSR count). The van der Waals surface area contributed by atoms with Gasteiger partial charge in [0.05, 0.1) is 22.4 Å². The lowest BCUT2D eigenvalue weighted by Gasteiger charge is -2.12. The fraction of sp³-hybridized carbons (Fsp3) is 0. The molecule has 0 spiro atoms. The zero-order valence-corrected chi connectivity index (χ0v) is 26.6. The molecule has 0 aliphatic carbocycles. The van der Waals surface area contributed by atoms with E-state index in [0.717, 1.165) is 33.5 Å². The van der Waals surface area contributed by atoms with Crippen molar-refractivity contribution in [1.29, 1.82) is 0 Å². The Morgan fingerprint density at radius 2 is 0.878 bits per heavy atom. The Balaban J connectivity index is 1.21. The summed E-state index contributed by atoms with van der Waals surface area (Å²) in [6, 6.07) is 62.7. The minimum absolute atomic E-state index is 0.656. The van der Waals surface area contributed by atoms with E-state index < -0.39 is 0 Å². The summed E-state index contributed by atoms with van der Waals surface area (Å²) in [7, 11) is 0. The molecule has 228 valence electrons. The molecule has 0 bridgehead atoms. The summed E-state index contributed by atoms with van der Waals surface area (Å²) >= 11 is 0. The normalized spacial score (nSPS) is 11.7. The molecule has 8 aromatic carbocycles. The van der Waals surface area contributed by atoms with E-state index in [0.29, 0.717) is 5.95 Å². The number of nitrogens with zero attached hydrogens (tertiary/aromatic N) is 3. The van der Waals surface area contributed by atoms with Crippen molar-refractivity contribution in [3.63, 3.8) is 0 Å². The van der Waals surface area contributed by atoms with Gasteiger partial charge in [0, 0.05) is 21.9 Å². The average molecular weight is 624 g/mol. The van der Waals surface area contributed by atoms with Crippen LogP contribution in [0.15, 0.2) is 176 Å². The fourth-order valence-electron chi connectivity index (χ4n) is 7.42. The Bertz CT molecular complexity index is 2810. The van der Waals surface area contributed by atoms with Crippen LogP contribution in [0.5, 0.6) is 0 Å². The highest BCUT2D eigenvalue weighted by Gasteiger charge is 2.19. The van der Waals surface area contributed by atoms with Crippen LogP contribution in [0, 0.1) is 0 Å². The van der Waals surface area contributed by atoms with E-state index in [2.05, 4.69) is 168 Å². The highest BCUT2D eigenvalue weighted by molar-refractivity contribution is 6.22. The van der Waals surface area contributed by atoms with Gasteiger partial charge in [0.25, 0.3) is 0 Å². The second-order valence-electron chi connectivity index (χ2n) is 12.6. The highest BCUT2D eigenvalue weighted by atomic mass is 15.2. The van der Waals surface area contributed by atoms with Crippen molar-refractivity contribution < 1.29 is 0 Å². The van der Waals surface area contributed by atoms with E-state index in [-0.39, 0.29) is 0 Å². The number of rotatable bonds is 4. The van der Waals surface area contributed by atoms with Crippen molar-refractivity contribution in [2.24, 2.45) is 0 Å². The lowest BCUT2D eigenvalue weighted by Crippen LogP contribution is -2.03. The first-order valence-corrected chi connectivity index (χ1v) is 16.7. The third kappa shape index (κ3) is 4.51. The van der Waals surface area contributed by atoms with Crippen molar-refractivity contribution in [2.45, 2.75) is 0 Å². The molecule has 0 amide bonds. The maximum atomic E-state index is 5.22. The molecule has 3 nitrogen and oxygen atoms in total. The van der Waals surface area contributed by atoms with Crippen LogP contribution < -0.4 is 0 Å². The van der Waals surface area contributed by atoms with Gasteiger partial charge in [-0.2, -0.15) is 0 Å². The molecule has 0 aliphatic heterocycles. The lowest BCUT2D eigenvalue weighted by molar-refractivity contribution is 0.996. The standard InChI is InChI=1S/C46H29N3/c1-3-12-32(13-4-1)41-29-42(33-14-5-2-6-15-33)48-46(47-41)49-43-18-10-9-17-39(43)45-40-28-35(21-19-31(40)24-26-44(45)49)34-23-25-38-36(27-34)22-20-30-11-7-8-16-37(30)38/h1-29H. The molecule has 0 aliphatic rings. The van der Waals surface area contributed by atoms with Crippen LogP contribution >= 0.6 is 0 Å². The average Bonchev–Trinajstić information content (AvgIpc) is 3.53. The summed E-state index contributed by atoms with van der Waals surface area (Å²) in [4.78, 5) is 10.4. The van der Waals surface area contributed by atoms with Crippen LogP contribution in [-0.4, -0.2) is 14.5 Å². The zero-order valence-electron chi connectivity index (χ0n) is 26.6. The van der Waals surface area contributed by atoms with Crippen LogP contribution in [0.4, 0.5) is 0 Å². The Labute approximate surface area is 283 Å². The van der Waals surface area contributed by atoms with E-state index in [1.807, 2.05) is 12.1 Å². The van der Waals surface area contributed by atoms with Crippen molar-refractivity contribution in [1.82, 2.24) is 14.5 Å². The molecule has 2 heterocycles. The third-order valence-electron chi connectivity index (χ3n) is 9.79. The Kier molecular flexibility index (Phi) is 6.18. The molecule has 0 atom stereocenters. The van der Waals surface area contributed by atoms with Crippen LogP contribution in [-0.2, 0) is 0 Å². The molecule has 0 N–H and O–H groups in total. The SMILES string of the molecule is c1ccc(-c2cc(-c3ccccc3)nc(-n3c4ccccc4c4c5cc(-c6ccc7c(ccc8ccccc87)c6)ccc5ccc43)n2)cc1. The number of hydrogen-bond acceptors (Lipinski definition) is 2. The van der Waals surface area contributed by atoms with Crippen LogP contribution in [0.2, 0.25) is 0 Å². The van der Waals surface area contributed by atoms with Gasteiger partial charge in [-0.3, -0.25) is 4.57 Å². The van der Waals surface area contributed by atoms with E-state index in [4.69, 9.17) is 9.97 Å². The van der Waals surface area contributed by atoms with Gasteiger partial charge in [-0.25, -0.2) is 9.97 Å². The Morgan fingerprint density at radius 1 is 0.327 bits per heavy atom. The third-order valence-corrected chi connectivity index (χ3v) is 9.79. The van der Waals surface area contributed by atoms with Crippen molar-refractivity contribution in [2.75, 3.05) is 0 Å². The molecule has 0 saturated carbocycles. The van der Waals surface area contributed by atoms with Crippen molar-refractivity contribution >= 4 is 54.1 Å². The van der Waals surface area contributed by atoms with Gasteiger partial charge in [-0.05, 0) is 73.8 Å². The summed E-state index contributed by atoms with van der Waals surface area (Å²) in [6.45, 7) is 0. The summed E-state index contributed by atoms with van der Waals surface area (Å²) in [5, 5.41) is 9.88. The quantitative estimate of drug-likeness (QED) is 0.183. The Morgan fingerprint density at radius 3 is 1.65 bits per heavy atom. The molecule has 2 aromatic heterocycles. The molecule has 3 heteroatoms. The van der Waals surface area contributed by atoms with E-state index in [9.17, 15) is 0 Å². The number of fused-ring (bicyclic) bond motifs is 8. The van der Waals surface area contributed by atoms with Gasteiger partial charge < -0.3 is 0 Å². The van der Waals surface area contributed by atoms with E-state index in [1.54, 1.807) is 0 Å². The molecule has 0 unspecified atom stereocenters. The highest BCUT2D eigenvalue weighted by Crippen LogP contribution is 2.39. The largest absolute Gasteiger partial charge is 0.278 e. The molecular weight excluding hydrogens is 595 g/mol. The molecule has 49 heavy (non-hydrogen) atoms. The molecule has 0 radical (unpaired) electrons. The smallest absolute Gasteiger partial charge is 0.235 e. The predicted molar refractivity (Wildman–Crippen MR) is 205 cm³/mol. The molecule has 0 saturated heterocycles. The van der Waals surface area contributed by atoms with Crippen molar-refractivity contribution in [3.05, 3.63) is 176 Å². The first kappa shape index (κ1) is 27.5. The van der Waals surface area contributed by atoms with Gasteiger partial charge in [0.1, 0.15) is 0 Å². The molecule has 0 fully saturated rings. The van der Waals surface area contributed by atoms with E-state index in [1.165, 1.54) is 54.2 Å². The minimum atomic E-state index is 0.656. The van der Waals surface area contributed by atoms with E-state index >= 15 is 0 Å². The topological polar surface area (TPSA) is 30.7 Å². The van der Waals surface area contributed by atoms with Crippen LogP contribution in [0.25, 0.3) is 93.7 Å². The maximum Gasteiger partial charge on any atom is 0.235 e. The van der Waals surface area contributed by atoms with Gasteiger partial charge in [-0.1, -0.05) is 146 Å². The maximum absolute atomic E-state index is 5.22. The van der Waals surface area contributed by atoms with Gasteiger partial charge in [-0.15, -0.1) is 0 Å². The molecule has 10 aromatic rings. The second kappa shape index (κ2) is 11.0. The van der Waals surface area contributed by atoms with Crippen LogP contribution in [0.1, 0.15) is 0 Å². The lowest BCUT2D eigenvalue weighted by atomic mass is 9.95. The summed E-state index contributed by atoms with van der Waals surface area (Å²) < 4.78 is 2.23. The first-order valence-electron chi connectivity index (χ1n) is 16.7. The fourth-order valence-corrected chi connectivity index (χ4v) is 7.42. The van der Waals surface area contributed by atoms with Gasteiger partial charge in [0.15, 0.2) is 0 Å². The Hall–Kier alpha value is -6.58. The zero-order chi connectivity index (χ0) is 32.3. The van der Waals surface area contributed by atoms with Gasteiger partial charge >= 0.3 is 0 Å². The van der Waals surface area contributed by atoms with Gasteiger partial charge in [0.2, 0.25) is 5.95 Å². The predicted octanol–water partition coefficient (Wildman–Crippen LogP) is 12.0. The van der Waals surface area contributed by atoms with Crippen LogP contribution in [0.3, 0.4) is 0 Å². The monoisotopic (exact) mass is 623 g/mol. The number of aromatic nitrogens is 3. The number of hydrogen-bond donors (Lipinski definition) is 0. The first-order chi connectivity index (χ1) is 24.3. The summed E-state index contributed by atoms with van der Waals surface area (Å²) in [6.07, 6.45) is 0. The second-order valence-corrected chi connectivity index (χ2v) is 12.6. The number of para-hydroxylation sites is 1. The van der Waals surface area contributed by atoms with Crippen molar-refractivity contribution in [3.8, 4) is 39.6 Å². The minimum Gasteiger partial charge on any atom is -0.278 e. The number of benzene rings is 8.